The van der Waals surface area contributed by atoms with Crippen LogP contribution in [-0.4, -0.2) is 29.0 Å². The number of hydrogen-bond acceptors (Lipinski definition) is 1. The van der Waals surface area contributed by atoms with E-state index in [1.54, 1.807) is 0 Å². The second-order valence-electron chi connectivity index (χ2n) is 7.88. The van der Waals surface area contributed by atoms with Crippen LogP contribution in [0.15, 0.2) is 0 Å². The van der Waals surface area contributed by atoms with Crippen molar-refractivity contribution in [3.05, 3.63) is 0 Å². The summed E-state index contributed by atoms with van der Waals surface area (Å²) in [6.07, 6.45) is 21.6. The van der Waals surface area contributed by atoms with Crippen molar-refractivity contribution in [3.63, 3.8) is 0 Å². The molecule has 0 atom stereocenters. The fourth-order valence-corrected chi connectivity index (χ4v) is 5.74. The maximum absolute atomic E-state index is 12.5. The van der Waals surface area contributed by atoms with Crippen LogP contribution in [-0.2, 0) is 4.79 Å². The zero-order valence-electron chi connectivity index (χ0n) is 13.8. The van der Waals surface area contributed by atoms with Crippen LogP contribution in [0.25, 0.3) is 0 Å². The van der Waals surface area contributed by atoms with Crippen molar-refractivity contribution in [2.24, 2.45) is 0 Å². The van der Waals surface area contributed by atoms with Crippen LogP contribution in [0.4, 0.5) is 0 Å². The van der Waals surface area contributed by atoms with E-state index in [1.807, 2.05) is 0 Å². The maximum atomic E-state index is 12.5. The maximum Gasteiger partial charge on any atom is 0.302 e. The minimum atomic E-state index is 0.655. The molecule has 3 aliphatic rings. The summed E-state index contributed by atoms with van der Waals surface area (Å²) < 4.78 is 0.889. The number of carbonyl (C=O) groups excluding carboxylic acids is 1. The highest BCUT2D eigenvalue weighted by Gasteiger charge is 2.50. The normalized spacial score (nSPS) is 27.6. The summed E-state index contributed by atoms with van der Waals surface area (Å²) in [6, 6.07) is 1.97. The average Bonchev–Trinajstić information content (AvgIpc) is 2.59. The first-order chi connectivity index (χ1) is 10.4. The molecule has 1 amide bonds. The molecule has 2 nitrogen and oxygen atoms in total. The highest BCUT2D eigenvalue weighted by atomic mass is 16.1. The zero-order valence-corrected chi connectivity index (χ0v) is 13.8. The molecule has 0 saturated heterocycles. The first-order valence-corrected chi connectivity index (χ1v) is 9.72. The number of hydrogen-bond donors (Lipinski definition) is 0. The summed E-state index contributed by atoms with van der Waals surface area (Å²) in [5, 5.41) is 0. The van der Waals surface area contributed by atoms with Gasteiger partial charge in [-0.2, -0.15) is 0 Å². The van der Waals surface area contributed by atoms with Crippen molar-refractivity contribution in [3.8, 4) is 0 Å². The van der Waals surface area contributed by atoms with Gasteiger partial charge < -0.3 is 0 Å². The lowest BCUT2D eigenvalue weighted by atomic mass is 9.81. The zero-order chi connectivity index (χ0) is 14.5. The van der Waals surface area contributed by atoms with Gasteiger partial charge in [0.05, 0.1) is 18.1 Å². The van der Waals surface area contributed by atoms with Crippen molar-refractivity contribution in [1.82, 2.24) is 0 Å². The minimum absolute atomic E-state index is 0.655. The summed E-state index contributed by atoms with van der Waals surface area (Å²) in [6.45, 7) is 0. The van der Waals surface area contributed by atoms with Crippen molar-refractivity contribution in [1.29, 1.82) is 0 Å². The molecule has 0 aromatic carbocycles. The molecule has 3 fully saturated rings. The first-order valence-electron chi connectivity index (χ1n) is 9.72. The molecule has 0 aromatic rings. The number of rotatable bonds is 4. The van der Waals surface area contributed by atoms with Gasteiger partial charge in [0.1, 0.15) is 0 Å². The third-order valence-electron chi connectivity index (χ3n) is 6.80. The van der Waals surface area contributed by atoms with E-state index in [1.165, 1.54) is 103 Å². The molecule has 3 aliphatic carbocycles. The molecular formula is C19H34NO+. The number of amides is 1. The van der Waals surface area contributed by atoms with Crippen molar-refractivity contribution >= 4 is 6.41 Å². The van der Waals surface area contributed by atoms with Gasteiger partial charge in [-0.05, 0) is 77.0 Å². The lowest BCUT2D eigenvalue weighted by Crippen LogP contribution is -2.66. The molecule has 2 heteroatoms. The van der Waals surface area contributed by atoms with Gasteiger partial charge in [0, 0.05) is 0 Å². The van der Waals surface area contributed by atoms with Gasteiger partial charge in [-0.15, -0.1) is 0 Å². The third-order valence-corrected chi connectivity index (χ3v) is 6.80. The standard InChI is InChI=1S/C19H34NO/c21-16-20(17-10-4-1-5-11-17,18-12-6-2-7-13-18)19-14-8-3-9-15-19/h16-19H,1-15H2/q+1. The molecule has 0 aromatic heterocycles. The second kappa shape index (κ2) is 7.26. The third kappa shape index (κ3) is 3.06. The molecule has 120 valence electrons. The van der Waals surface area contributed by atoms with Gasteiger partial charge in [0.15, 0.2) is 0 Å². The van der Waals surface area contributed by atoms with Gasteiger partial charge >= 0.3 is 6.41 Å². The van der Waals surface area contributed by atoms with Crippen molar-refractivity contribution < 1.29 is 9.28 Å². The second-order valence-corrected chi connectivity index (χ2v) is 7.88. The van der Waals surface area contributed by atoms with E-state index >= 15 is 0 Å². The van der Waals surface area contributed by atoms with E-state index in [2.05, 4.69) is 0 Å². The predicted molar refractivity (Wildman–Crippen MR) is 86.9 cm³/mol. The molecule has 0 spiro atoms. The van der Waals surface area contributed by atoms with Crippen LogP contribution >= 0.6 is 0 Å². The van der Waals surface area contributed by atoms with Crippen LogP contribution < -0.4 is 0 Å². The summed E-state index contributed by atoms with van der Waals surface area (Å²) in [5.41, 5.74) is 0. The Balaban J connectivity index is 1.87. The van der Waals surface area contributed by atoms with Crippen molar-refractivity contribution in [2.75, 3.05) is 0 Å². The smallest absolute Gasteiger partial charge is 0.256 e. The molecule has 0 N–H and O–H groups in total. The Morgan fingerprint density at radius 1 is 0.524 bits per heavy atom. The van der Waals surface area contributed by atoms with Crippen LogP contribution in [0.5, 0.6) is 0 Å². The Bertz CT molecular complexity index is 277. The molecular weight excluding hydrogens is 258 g/mol. The SMILES string of the molecule is O=C[N+](C1CCCCC1)(C1CCCCC1)C1CCCCC1. The van der Waals surface area contributed by atoms with Crippen LogP contribution in [0.3, 0.4) is 0 Å². The van der Waals surface area contributed by atoms with E-state index < -0.39 is 0 Å². The Labute approximate surface area is 130 Å². The monoisotopic (exact) mass is 292 g/mol. The Morgan fingerprint density at radius 3 is 1.05 bits per heavy atom. The molecule has 0 bridgehead atoms. The van der Waals surface area contributed by atoms with E-state index in [0.717, 1.165) is 4.48 Å². The highest BCUT2D eigenvalue weighted by molar-refractivity contribution is 5.39. The summed E-state index contributed by atoms with van der Waals surface area (Å²) in [5.74, 6) is 0. The van der Waals surface area contributed by atoms with Gasteiger partial charge in [-0.1, -0.05) is 19.3 Å². The number of nitrogens with zero attached hydrogens (tertiary/aromatic N) is 1. The summed E-state index contributed by atoms with van der Waals surface area (Å²) >= 11 is 0. The fraction of sp³-hybridized carbons (Fsp3) is 0.947. The molecule has 0 radical (unpaired) electrons. The Kier molecular flexibility index (Phi) is 5.37. The van der Waals surface area contributed by atoms with Gasteiger partial charge in [-0.25, -0.2) is 4.79 Å². The predicted octanol–water partition coefficient (Wildman–Crippen LogP) is 4.96. The van der Waals surface area contributed by atoms with Crippen LogP contribution in [0.2, 0.25) is 0 Å². The van der Waals surface area contributed by atoms with Gasteiger partial charge in [0.25, 0.3) is 0 Å². The van der Waals surface area contributed by atoms with E-state index in [-0.39, 0.29) is 0 Å². The average molecular weight is 292 g/mol. The Hall–Kier alpha value is -0.370. The lowest BCUT2D eigenvalue weighted by molar-refractivity contribution is -0.923. The molecule has 0 aliphatic heterocycles. The van der Waals surface area contributed by atoms with Crippen molar-refractivity contribution in [2.45, 2.75) is 114 Å². The van der Waals surface area contributed by atoms with Crippen LogP contribution in [0.1, 0.15) is 96.3 Å². The van der Waals surface area contributed by atoms with E-state index in [9.17, 15) is 4.79 Å². The molecule has 0 heterocycles. The first kappa shape index (κ1) is 15.5. The largest absolute Gasteiger partial charge is 0.302 e. The van der Waals surface area contributed by atoms with Crippen LogP contribution in [0, 0.1) is 0 Å². The van der Waals surface area contributed by atoms with E-state index in [4.69, 9.17) is 0 Å². The molecule has 21 heavy (non-hydrogen) atoms. The topological polar surface area (TPSA) is 17.1 Å². The molecule has 3 saturated carbocycles. The summed E-state index contributed by atoms with van der Waals surface area (Å²) in [7, 11) is 0. The molecule has 0 unspecified atom stereocenters. The van der Waals surface area contributed by atoms with E-state index in [0.29, 0.717) is 18.1 Å². The highest BCUT2D eigenvalue weighted by Crippen LogP contribution is 2.41. The molecule has 3 rings (SSSR count). The van der Waals surface area contributed by atoms with Gasteiger partial charge in [0.2, 0.25) is 0 Å². The quantitative estimate of drug-likeness (QED) is 0.529. The fourth-order valence-electron chi connectivity index (χ4n) is 5.74. The summed E-state index contributed by atoms with van der Waals surface area (Å²) in [4.78, 5) is 12.5. The lowest BCUT2D eigenvalue weighted by Gasteiger charge is -2.53. The van der Waals surface area contributed by atoms with Gasteiger partial charge in [-0.3, -0.25) is 4.48 Å². The minimum Gasteiger partial charge on any atom is -0.256 e. The Morgan fingerprint density at radius 2 is 0.810 bits per heavy atom. The number of quaternary nitrogens is 1. The number of carbonyl (C=O) groups is 1.